The summed E-state index contributed by atoms with van der Waals surface area (Å²) in [7, 11) is -2.86. The van der Waals surface area contributed by atoms with Crippen molar-refractivity contribution in [3.8, 4) is 5.88 Å². The summed E-state index contributed by atoms with van der Waals surface area (Å²) in [5, 5.41) is 6.99. The summed E-state index contributed by atoms with van der Waals surface area (Å²) in [5.74, 6) is -2.48. The Morgan fingerprint density at radius 2 is 1.97 bits per heavy atom. The average Bonchev–Trinajstić information content (AvgIpc) is 2.71. The number of sulfonamides is 1. The van der Waals surface area contributed by atoms with E-state index < -0.39 is 49.9 Å². The van der Waals surface area contributed by atoms with Crippen molar-refractivity contribution in [1.82, 2.24) is 9.97 Å². The summed E-state index contributed by atoms with van der Waals surface area (Å²) in [6.07, 6.45) is 1.37. The highest BCUT2D eigenvalue weighted by Gasteiger charge is 2.34. The molecule has 9 nitrogen and oxygen atoms in total. The van der Waals surface area contributed by atoms with Crippen LogP contribution in [0.25, 0.3) is 11.0 Å². The van der Waals surface area contributed by atoms with E-state index in [1.165, 1.54) is 18.2 Å². The smallest absolute Gasteiger partial charge is 0.257 e. The number of fused-ring (bicyclic) bond motifs is 3. The quantitative estimate of drug-likeness (QED) is 0.499. The van der Waals surface area contributed by atoms with Crippen molar-refractivity contribution in [2.45, 2.75) is 16.8 Å². The number of nitrogens with two attached hydrogens (primary N) is 1. The van der Waals surface area contributed by atoms with Gasteiger partial charge in [0.2, 0.25) is 15.9 Å². The van der Waals surface area contributed by atoms with Crippen LogP contribution in [0.5, 0.6) is 5.88 Å². The maximum absolute atomic E-state index is 14.7. The van der Waals surface area contributed by atoms with Crippen molar-refractivity contribution in [1.29, 1.82) is 0 Å². The molecule has 0 aliphatic carbocycles. The van der Waals surface area contributed by atoms with Crippen LogP contribution in [0.15, 0.2) is 35.4 Å². The van der Waals surface area contributed by atoms with E-state index in [1.54, 1.807) is 12.1 Å². The molecule has 0 saturated heterocycles. The van der Waals surface area contributed by atoms with Crippen LogP contribution in [0.2, 0.25) is 0 Å². The third-order valence-corrected chi connectivity index (χ3v) is 6.14. The van der Waals surface area contributed by atoms with Gasteiger partial charge in [-0.15, -0.1) is 12.6 Å². The lowest BCUT2D eigenvalue weighted by molar-refractivity contribution is -0.115. The second kappa shape index (κ2) is 7.59. The number of hydrogen-bond donors (Lipinski definition) is 3. The molecule has 0 radical (unpaired) electrons. The number of primary sulfonamides is 1. The minimum atomic E-state index is -4.30. The molecule has 2 aromatic heterocycles. The van der Waals surface area contributed by atoms with Crippen molar-refractivity contribution in [3.63, 3.8) is 0 Å². The molecule has 1 amide bonds. The topological polar surface area (TPSA) is 128 Å². The van der Waals surface area contributed by atoms with Crippen molar-refractivity contribution in [2.75, 3.05) is 17.3 Å². The zero-order valence-corrected chi connectivity index (χ0v) is 17.5. The number of carbonyl (C=O) groups is 1. The van der Waals surface area contributed by atoms with Gasteiger partial charge in [-0.05, 0) is 18.2 Å². The van der Waals surface area contributed by atoms with E-state index in [4.69, 9.17) is 9.88 Å². The Kier molecular flexibility index (Phi) is 5.19. The zero-order valence-electron chi connectivity index (χ0n) is 15.8. The highest BCUT2D eigenvalue weighted by atomic mass is 32.2. The Hall–Kier alpha value is -3.03. The van der Waals surface area contributed by atoms with E-state index in [0.717, 1.165) is 0 Å². The van der Waals surface area contributed by atoms with E-state index in [0.29, 0.717) is 34.8 Å². The third kappa shape index (κ3) is 3.75. The average molecular weight is 467 g/mol. The van der Waals surface area contributed by atoms with E-state index in [9.17, 15) is 22.0 Å². The van der Waals surface area contributed by atoms with Gasteiger partial charge in [0.05, 0.1) is 36.1 Å². The van der Waals surface area contributed by atoms with Crippen molar-refractivity contribution < 1.29 is 26.7 Å². The predicted molar refractivity (Wildman–Crippen MR) is 111 cm³/mol. The van der Waals surface area contributed by atoms with E-state index in [2.05, 4.69) is 27.9 Å². The first-order valence-corrected chi connectivity index (χ1v) is 10.8. The number of hydrogen-bond acceptors (Lipinski definition) is 8. The Morgan fingerprint density at radius 3 is 2.58 bits per heavy atom. The number of amides is 1. The molecular weight excluding hydrogens is 452 g/mol. The second-order valence-corrected chi connectivity index (χ2v) is 8.70. The second-order valence-electron chi connectivity index (χ2n) is 6.65. The third-order valence-electron chi connectivity index (χ3n) is 4.73. The number of benzene rings is 1. The van der Waals surface area contributed by atoms with Crippen LogP contribution < -0.4 is 20.1 Å². The number of rotatable bonds is 4. The Balaban J connectivity index is 1.87. The van der Waals surface area contributed by atoms with E-state index >= 15 is 0 Å². The number of carbonyl (C=O) groups excluding carboxylic acids is 1. The minimum Gasteiger partial charge on any atom is -0.481 e. The fraction of sp³-hybridized carbons (Fsp3) is 0.167. The van der Waals surface area contributed by atoms with Gasteiger partial charge in [-0.1, -0.05) is 0 Å². The minimum absolute atomic E-state index is 0.283. The SMILES string of the molecule is COc1ccc2c3c(cnc2n1)NC(=O)C(S)N3Cc1c(F)cc(S(N)(=O)=O)cc1F. The lowest BCUT2D eigenvalue weighted by atomic mass is 10.1. The van der Waals surface area contributed by atoms with Crippen molar-refractivity contribution in [2.24, 2.45) is 5.14 Å². The van der Waals surface area contributed by atoms with Crippen LogP contribution in [-0.4, -0.2) is 36.8 Å². The summed E-state index contributed by atoms with van der Waals surface area (Å²) in [6.45, 7) is -0.428. The van der Waals surface area contributed by atoms with Gasteiger partial charge in [0.15, 0.2) is 11.0 Å². The fourth-order valence-corrected chi connectivity index (χ4v) is 4.05. The molecule has 4 rings (SSSR count). The van der Waals surface area contributed by atoms with Crippen LogP contribution in [0.3, 0.4) is 0 Å². The molecule has 0 spiro atoms. The zero-order chi connectivity index (χ0) is 22.5. The van der Waals surface area contributed by atoms with Gasteiger partial charge in [-0.2, -0.15) is 4.98 Å². The largest absolute Gasteiger partial charge is 0.481 e. The molecule has 3 aromatic rings. The number of ether oxygens (including phenoxy) is 1. The predicted octanol–water partition coefficient (Wildman–Crippen LogP) is 1.78. The molecule has 162 valence electrons. The number of methoxy groups -OCH3 is 1. The standard InChI is InChI=1S/C18H15F2N5O4S2/c1-29-14-3-2-9-15-13(6-22-16(9)24-14)23-17(26)18(30)25(15)7-10-11(19)4-8(5-12(10)20)31(21,27)28/h2-6,18,30H,7H2,1H3,(H,23,26)(H2,21,27,28). The van der Waals surface area contributed by atoms with Gasteiger partial charge in [0.25, 0.3) is 5.91 Å². The van der Waals surface area contributed by atoms with Crippen LogP contribution >= 0.6 is 12.6 Å². The van der Waals surface area contributed by atoms with Gasteiger partial charge in [-0.3, -0.25) is 4.79 Å². The van der Waals surface area contributed by atoms with Crippen LogP contribution in [0, 0.1) is 11.6 Å². The maximum Gasteiger partial charge on any atom is 0.257 e. The van der Waals surface area contributed by atoms with Gasteiger partial charge in [-0.25, -0.2) is 27.3 Å². The van der Waals surface area contributed by atoms with Gasteiger partial charge in [0, 0.05) is 17.0 Å². The molecule has 31 heavy (non-hydrogen) atoms. The molecular formula is C18H15F2N5O4S2. The molecule has 0 bridgehead atoms. The molecule has 0 saturated carbocycles. The van der Waals surface area contributed by atoms with E-state index in [-0.39, 0.29) is 5.65 Å². The van der Waals surface area contributed by atoms with Crippen LogP contribution in [0.4, 0.5) is 20.2 Å². The lowest BCUT2D eigenvalue weighted by Crippen LogP contribution is -2.44. The van der Waals surface area contributed by atoms with Crippen LogP contribution in [0.1, 0.15) is 5.56 Å². The van der Waals surface area contributed by atoms with Crippen molar-refractivity contribution in [3.05, 3.63) is 47.7 Å². The molecule has 1 unspecified atom stereocenters. The molecule has 3 N–H and O–H groups in total. The Morgan fingerprint density at radius 1 is 1.29 bits per heavy atom. The fourth-order valence-electron chi connectivity index (χ4n) is 3.25. The normalized spacial score (nSPS) is 16.2. The van der Waals surface area contributed by atoms with Gasteiger partial charge >= 0.3 is 0 Å². The molecule has 1 aliphatic rings. The molecule has 0 fully saturated rings. The molecule has 13 heteroatoms. The summed E-state index contributed by atoms with van der Waals surface area (Å²) >= 11 is 4.29. The number of nitrogens with one attached hydrogen (secondary N) is 1. The first-order chi connectivity index (χ1) is 14.6. The molecule has 1 atom stereocenters. The van der Waals surface area contributed by atoms with E-state index in [1.807, 2.05) is 0 Å². The summed E-state index contributed by atoms with van der Waals surface area (Å²) in [6, 6.07) is 4.48. The maximum atomic E-state index is 14.7. The lowest BCUT2D eigenvalue weighted by Gasteiger charge is -2.36. The number of aromatic nitrogens is 2. The Labute approximate surface area is 180 Å². The summed E-state index contributed by atoms with van der Waals surface area (Å²) < 4.78 is 57.3. The molecule has 3 heterocycles. The Bertz CT molecular complexity index is 1310. The highest BCUT2D eigenvalue weighted by Crippen LogP contribution is 2.40. The van der Waals surface area contributed by atoms with Crippen LogP contribution in [-0.2, 0) is 21.4 Å². The number of nitrogens with zero attached hydrogens (tertiary/aromatic N) is 3. The summed E-state index contributed by atoms with van der Waals surface area (Å²) in [4.78, 5) is 21.5. The highest BCUT2D eigenvalue weighted by molar-refractivity contribution is 7.89. The monoisotopic (exact) mass is 467 g/mol. The number of anilines is 2. The first-order valence-electron chi connectivity index (χ1n) is 8.70. The van der Waals surface area contributed by atoms with Crippen molar-refractivity contribution >= 4 is 51.0 Å². The van der Waals surface area contributed by atoms with Gasteiger partial charge < -0.3 is 15.0 Å². The van der Waals surface area contributed by atoms with Gasteiger partial charge in [0.1, 0.15) is 11.6 Å². The number of thiol groups is 1. The number of halogens is 2. The number of pyridine rings is 2. The molecule has 1 aromatic carbocycles. The molecule has 1 aliphatic heterocycles. The first kappa shape index (κ1) is 21.2. The summed E-state index contributed by atoms with van der Waals surface area (Å²) in [5.41, 5.74) is 0.523.